The van der Waals surface area contributed by atoms with Crippen LogP contribution < -0.4 is 0 Å². The predicted molar refractivity (Wildman–Crippen MR) is 39.0 cm³/mol. The van der Waals surface area contributed by atoms with Gasteiger partial charge in [-0.05, 0) is 12.5 Å². The summed E-state index contributed by atoms with van der Waals surface area (Å²) in [5.74, 6) is -0.595. The lowest BCUT2D eigenvalue weighted by Gasteiger charge is -2.07. The lowest BCUT2D eigenvalue weighted by Crippen LogP contribution is -2.12. The fourth-order valence-corrected chi connectivity index (χ4v) is 1.31. The molecule has 5 heteroatoms. The molecule has 0 amide bonds. The molecule has 1 rings (SSSR count). The summed E-state index contributed by atoms with van der Waals surface area (Å²) < 4.78 is 35.7. The second-order valence-corrected chi connectivity index (χ2v) is 3.10. The van der Waals surface area contributed by atoms with Gasteiger partial charge in [0.1, 0.15) is 0 Å². The highest BCUT2D eigenvalue weighted by Crippen LogP contribution is 2.32. The van der Waals surface area contributed by atoms with Crippen molar-refractivity contribution in [1.29, 1.82) is 0 Å². The van der Waals surface area contributed by atoms with E-state index in [1.165, 1.54) is 6.92 Å². The standard InChI is InChI=1S/C8H9F3O2/c1-4-5(3-8(9,10)11)7(13)2-6(4)12/h6,12H,2-3H2,1H3/t6-/m0/s1. The van der Waals surface area contributed by atoms with Gasteiger partial charge in [-0.3, -0.25) is 4.79 Å². The van der Waals surface area contributed by atoms with Crippen LogP contribution in [-0.4, -0.2) is 23.2 Å². The lowest BCUT2D eigenvalue weighted by atomic mass is 10.1. The van der Waals surface area contributed by atoms with E-state index in [4.69, 9.17) is 5.11 Å². The quantitative estimate of drug-likeness (QED) is 0.688. The average molecular weight is 194 g/mol. The van der Waals surface area contributed by atoms with E-state index in [-0.39, 0.29) is 17.6 Å². The average Bonchev–Trinajstić information content (AvgIpc) is 2.14. The van der Waals surface area contributed by atoms with Crippen LogP contribution in [0.1, 0.15) is 19.8 Å². The van der Waals surface area contributed by atoms with Gasteiger partial charge in [-0.1, -0.05) is 0 Å². The number of hydrogen-bond donors (Lipinski definition) is 1. The zero-order valence-electron chi connectivity index (χ0n) is 6.98. The molecule has 0 aromatic rings. The van der Waals surface area contributed by atoms with Crippen molar-refractivity contribution in [2.45, 2.75) is 32.0 Å². The van der Waals surface area contributed by atoms with E-state index in [9.17, 15) is 18.0 Å². The monoisotopic (exact) mass is 194 g/mol. The first kappa shape index (κ1) is 10.2. The van der Waals surface area contributed by atoms with E-state index in [1.54, 1.807) is 0 Å². The van der Waals surface area contributed by atoms with Gasteiger partial charge in [0.05, 0.1) is 12.5 Å². The SMILES string of the molecule is CC1=C(CC(F)(F)F)C(=O)C[C@@H]1O. The van der Waals surface area contributed by atoms with Gasteiger partial charge in [-0.25, -0.2) is 0 Å². The smallest absolute Gasteiger partial charge is 0.388 e. The molecule has 0 spiro atoms. The highest BCUT2D eigenvalue weighted by atomic mass is 19.4. The number of alkyl halides is 3. The minimum atomic E-state index is -4.38. The van der Waals surface area contributed by atoms with Crippen LogP contribution in [0.25, 0.3) is 0 Å². The molecule has 13 heavy (non-hydrogen) atoms. The van der Waals surface area contributed by atoms with E-state index in [2.05, 4.69) is 0 Å². The van der Waals surface area contributed by atoms with Gasteiger partial charge in [0.25, 0.3) is 0 Å². The minimum Gasteiger partial charge on any atom is -0.388 e. The summed E-state index contributed by atoms with van der Waals surface area (Å²) >= 11 is 0. The molecule has 0 saturated carbocycles. The van der Waals surface area contributed by atoms with Crippen molar-refractivity contribution in [2.75, 3.05) is 0 Å². The second-order valence-electron chi connectivity index (χ2n) is 3.10. The van der Waals surface area contributed by atoms with Crippen molar-refractivity contribution in [3.8, 4) is 0 Å². The number of aliphatic hydroxyl groups is 1. The normalized spacial score (nSPS) is 24.4. The lowest BCUT2D eigenvalue weighted by molar-refractivity contribution is -0.133. The Morgan fingerprint density at radius 1 is 1.54 bits per heavy atom. The molecule has 0 aliphatic heterocycles. The molecule has 1 atom stereocenters. The van der Waals surface area contributed by atoms with E-state index in [1.807, 2.05) is 0 Å². The summed E-state index contributed by atoms with van der Waals surface area (Å²) in [6.07, 6.45) is -6.84. The molecular formula is C8H9F3O2. The van der Waals surface area contributed by atoms with Crippen molar-refractivity contribution in [1.82, 2.24) is 0 Å². The molecule has 0 aromatic carbocycles. The van der Waals surface area contributed by atoms with E-state index >= 15 is 0 Å². The molecule has 2 nitrogen and oxygen atoms in total. The largest absolute Gasteiger partial charge is 0.393 e. The number of aliphatic hydroxyl groups excluding tert-OH is 1. The first-order valence-electron chi connectivity index (χ1n) is 3.79. The van der Waals surface area contributed by atoms with Crippen LogP contribution >= 0.6 is 0 Å². The maximum Gasteiger partial charge on any atom is 0.393 e. The van der Waals surface area contributed by atoms with Crippen LogP contribution in [0.3, 0.4) is 0 Å². The number of ketones is 1. The third-order valence-electron chi connectivity index (χ3n) is 2.07. The fraction of sp³-hybridized carbons (Fsp3) is 0.625. The van der Waals surface area contributed by atoms with E-state index in [0.717, 1.165) is 0 Å². The first-order chi connectivity index (χ1) is 5.81. The Bertz CT molecular complexity index is 265. The van der Waals surface area contributed by atoms with E-state index < -0.39 is 24.5 Å². The molecule has 1 aliphatic carbocycles. The highest BCUT2D eigenvalue weighted by molar-refractivity contribution is 5.99. The number of rotatable bonds is 1. The van der Waals surface area contributed by atoms with Crippen molar-refractivity contribution < 1.29 is 23.1 Å². The topological polar surface area (TPSA) is 37.3 Å². The zero-order chi connectivity index (χ0) is 10.2. The fourth-order valence-electron chi connectivity index (χ4n) is 1.31. The van der Waals surface area contributed by atoms with Gasteiger partial charge in [-0.15, -0.1) is 0 Å². The van der Waals surface area contributed by atoms with Gasteiger partial charge in [0.15, 0.2) is 5.78 Å². The highest BCUT2D eigenvalue weighted by Gasteiger charge is 2.37. The maximum atomic E-state index is 11.9. The predicted octanol–water partition coefficient (Wildman–Crippen LogP) is 1.59. The van der Waals surface area contributed by atoms with Crippen LogP contribution in [0.4, 0.5) is 13.2 Å². The van der Waals surface area contributed by atoms with Crippen LogP contribution in [0.2, 0.25) is 0 Å². The van der Waals surface area contributed by atoms with Crippen molar-refractivity contribution in [2.24, 2.45) is 0 Å². The Morgan fingerprint density at radius 2 is 2.08 bits per heavy atom. The molecule has 0 saturated heterocycles. The summed E-state index contributed by atoms with van der Waals surface area (Å²) in [6, 6.07) is 0. The minimum absolute atomic E-state index is 0.155. The third kappa shape index (κ3) is 2.30. The Morgan fingerprint density at radius 3 is 2.38 bits per heavy atom. The van der Waals surface area contributed by atoms with Gasteiger partial charge in [0.2, 0.25) is 0 Å². The zero-order valence-corrected chi connectivity index (χ0v) is 6.98. The second kappa shape index (κ2) is 3.14. The number of Topliss-reactive ketones (excluding diaryl/α,β-unsaturated/α-hetero) is 1. The molecule has 0 fully saturated rings. The van der Waals surface area contributed by atoms with Crippen LogP contribution in [0.5, 0.6) is 0 Å². The molecule has 0 aromatic heterocycles. The van der Waals surface area contributed by atoms with Crippen molar-refractivity contribution in [3.05, 3.63) is 11.1 Å². The van der Waals surface area contributed by atoms with E-state index in [0.29, 0.717) is 0 Å². The van der Waals surface area contributed by atoms with Gasteiger partial charge in [-0.2, -0.15) is 13.2 Å². The molecule has 74 valence electrons. The van der Waals surface area contributed by atoms with Crippen LogP contribution in [0, 0.1) is 0 Å². The first-order valence-corrected chi connectivity index (χ1v) is 3.79. The number of carbonyl (C=O) groups excluding carboxylic acids is 1. The third-order valence-corrected chi connectivity index (χ3v) is 2.07. The van der Waals surface area contributed by atoms with Crippen molar-refractivity contribution in [3.63, 3.8) is 0 Å². The van der Waals surface area contributed by atoms with Gasteiger partial charge >= 0.3 is 6.18 Å². The number of carbonyl (C=O) groups is 1. The Balaban J connectivity index is 2.84. The Hall–Kier alpha value is -0.840. The molecule has 1 aliphatic rings. The number of hydrogen-bond acceptors (Lipinski definition) is 2. The number of halogens is 3. The van der Waals surface area contributed by atoms with Crippen molar-refractivity contribution >= 4 is 5.78 Å². The molecule has 1 N–H and O–H groups in total. The maximum absolute atomic E-state index is 11.9. The summed E-state index contributed by atoms with van der Waals surface area (Å²) in [7, 11) is 0. The Labute approximate surface area is 73.1 Å². The summed E-state index contributed by atoms with van der Waals surface area (Å²) in [4.78, 5) is 11.0. The summed E-state index contributed by atoms with van der Waals surface area (Å²) in [5, 5.41) is 9.09. The van der Waals surface area contributed by atoms with Crippen LogP contribution in [0.15, 0.2) is 11.1 Å². The molecule has 0 unspecified atom stereocenters. The van der Waals surface area contributed by atoms with Gasteiger partial charge < -0.3 is 5.11 Å². The summed E-state index contributed by atoms with van der Waals surface area (Å²) in [5.41, 5.74) is -0.123. The Kier molecular flexibility index (Phi) is 2.47. The molecule has 0 bridgehead atoms. The summed E-state index contributed by atoms with van der Waals surface area (Å²) in [6.45, 7) is 1.36. The molecule has 0 heterocycles. The molecule has 0 radical (unpaired) electrons. The van der Waals surface area contributed by atoms with Crippen LogP contribution in [-0.2, 0) is 4.79 Å². The van der Waals surface area contributed by atoms with Gasteiger partial charge in [0, 0.05) is 12.0 Å². The number of allylic oxidation sites excluding steroid dienone is 1. The molecular weight excluding hydrogens is 185 g/mol.